The van der Waals surface area contributed by atoms with Gasteiger partial charge in [-0.1, -0.05) is 12.1 Å². The van der Waals surface area contributed by atoms with Gasteiger partial charge in [0.05, 0.1) is 7.11 Å². The molecule has 0 saturated carbocycles. The highest BCUT2D eigenvalue weighted by molar-refractivity contribution is 5.85. The number of carbonyl (C=O) groups is 1. The summed E-state index contributed by atoms with van der Waals surface area (Å²) in [6, 6.07) is 7.54. The molecule has 0 radical (unpaired) electrons. The fourth-order valence-corrected chi connectivity index (χ4v) is 2.51. The molecule has 0 aromatic heterocycles. The van der Waals surface area contributed by atoms with Gasteiger partial charge in [-0.25, -0.2) is 0 Å². The van der Waals surface area contributed by atoms with E-state index in [0.29, 0.717) is 0 Å². The number of primary amides is 1. The standard InChI is InChI=1S/C14H21N3O2/c1-14(13(15)18,17-9-7-16-8-10-17)11-3-5-12(19-2)6-4-11/h3-6,16H,7-10H2,1-2H3,(H2,15,18). The van der Waals surface area contributed by atoms with E-state index in [2.05, 4.69) is 10.2 Å². The maximum atomic E-state index is 12.0. The molecule has 1 atom stereocenters. The van der Waals surface area contributed by atoms with E-state index in [1.54, 1.807) is 7.11 Å². The molecule has 1 unspecified atom stereocenters. The second-order valence-electron chi connectivity index (χ2n) is 4.90. The number of ether oxygens (including phenoxy) is 1. The third-order valence-electron chi connectivity index (χ3n) is 3.88. The smallest absolute Gasteiger partial charge is 0.242 e. The molecular weight excluding hydrogens is 242 g/mol. The third kappa shape index (κ3) is 2.57. The summed E-state index contributed by atoms with van der Waals surface area (Å²) in [5.41, 5.74) is 5.81. The summed E-state index contributed by atoms with van der Waals surface area (Å²) in [6.07, 6.45) is 0. The summed E-state index contributed by atoms with van der Waals surface area (Å²) in [6.45, 7) is 5.26. The molecule has 0 bridgehead atoms. The Morgan fingerprint density at radius 3 is 2.37 bits per heavy atom. The lowest BCUT2D eigenvalue weighted by Gasteiger charge is -2.41. The highest BCUT2D eigenvalue weighted by Gasteiger charge is 2.39. The molecule has 2 rings (SSSR count). The minimum Gasteiger partial charge on any atom is -0.497 e. The summed E-state index contributed by atoms with van der Waals surface area (Å²) in [7, 11) is 1.62. The molecule has 1 aliphatic heterocycles. The van der Waals surface area contributed by atoms with Crippen LogP contribution in [0.15, 0.2) is 24.3 Å². The molecule has 5 nitrogen and oxygen atoms in total. The average Bonchev–Trinajstić information content (AvgIpc) is 2.47. The normalized spacial score (nSPS) is 19.7. The molecule has 1 heterocycles. The van der Waals surface area contributed by atoms with Crippen LogP contribution in [-0.4, -0.2) is 44.1 Å². The monoisotopic (exact) mass is 263 g/mol. The minimum absolute atomic E-state index is 0.320. The van der Waals surface area contributed by atoms with Gasteiger partial charge in [0.1, 0.15) is 11.3 Å². The summed E-state index contributed by atoms with van der Waals surface area (Å²) < 4.78 is 5.15. The maximum absolute atomic E-state index is 12.0. The molecule has 0 aliphatic carbocycles. The van der Waals surface area contributed by atoms with Gasteiger partial charge < -0.3 is 15.8 Å². The molecule has 1 aliphatic rings. The van der Waals surface area contributed by atoms with E-state index in [0.717, 1.165) is 37.5 Å². The molecule has 1 fully saturated rings. The van der Waals surface area contributed by atoms with Crippen molar-refractivity contribution in [3.8, 4) is 5.75 Å². The fourth-order valence-electron chi connectivity index (χ4n) is 2.51. The zero-order chi connectivity index (χ0) is 13.9. The molecule has 3 N–H and O–H groups in total. The molecule has 0 spiro atoms. The first-order valence-electron chi connectivity index (χ1n) is 6.49. The van der Waals surface area contributed by atoms with E-state index >= 15 is 0 Å². The van der Waals surface area contributed by atoms with Crippen molar-refractivity contribution in [1.29, 1.82) is 0 Å². The average molecular weight is 263 g/mol. The first-order chi connectivity index (χ1) is 9.09. The van der Waals surface area contributed by atoms with Gasteiger partial charge in [-0.2, -0.15) is 0 Å². The minimum atomic E-state index is -0.769. The number of rotatable bonds is 4. The van der Waals surface area contributed by atoms with Gasteiger partial charge in [-0.3, -0.25) is 9.69 Å². The van der Waals surface area contributed by atoms with E-state index in [9.17, 15) is 4.79 Å². The van der Waals surface area contributed by atoms with E-state index in [-0.39, 0.29) is 5.91 Å². The van der Waals surface area contributed by atoms with Crippen molar-refractivity contribution in [3.63, 3.8) is 0 Å². The van der Waals surface area contributed by atoms with Crippen molar-refractivity contribution in [3.05, 3.63) is 29.8 Å². The van der Waals surface area contributed by atoms with Crippen LogP contribution in [0.4, 0.5) is 0 Å². The predicted octanol–water partition coefficient (Wildman–Crippen LogP) is 0.301. The van der Waals surface area contributed by atoms with Gasteiger partial charge in [0, 0.05) is 26.2 Å². The number of methoxy groups -OCH3 is 1. The first-order valence-corrected chi connectivity index (χ1v) is 6.49. The van der Waals surface area contributed by atoms with E-state index in [1.807, 2.05) is 31.2 Å². The number of nitrogens with two attached hydrogens (primary N) is 1. The quantitative estimate of drug-likeness (QED) is 0.820. The van der Waals surface area contributed by atoms with Crippen LogP contribution in [0.5, 0.6) is 5.75 Å². The number of hydrogen-bond acceptors (Lipinski definition) is 4. The maximum Gasteiger partial charge on any atom is 0.242 e. The van der Waals surface area contributed by atoms with Gasteiger partial charge in [0.15, 0.2) is 0 Å². The van der Waals surface area contributed by atoms with E-state index < -0.39 is 5.54 Å². The Morgan fingerprint density at radius 2 is 1.89 bits per heavy atom. The lowest BCUT2D eigenvalue weighted by Crippen LogP contribution is -2.58. The number of benzene rings is 1. The lowest BCUT2D eigenvalue weighted by atomic mass is 9.88. The Kier molecular flexibility index (Phi) is 4.07. The Morgan fingerprint density at radius 1 is 1.32 bits per heavy atom. The number of nitrogens with one attached hydrogen (secondary N) is 1. The fraction of sp³-hybridized carbons (Fsp3) is 0.500. The molecule has 1 saturated heterocycles. The van der Waals surface area contributed by atoms with Crippen molar-refractivity contribution in [2.75, 3.05) is 33.3 Å². The molecule has 104 valence electrons. The van der Waals surface area contributed by atoms with Crippen molar-refractivity contribution < 1.29 is 9.53 Å². The summed E-state index contributed by atoms with van der Waals surface area (Å²) >= 11 is 0. The molecule has 19 heavy (non-hydrogen) atoms. The summed E-state index contributed by atoms with van der Waals surface area (Å²) in [5.74, 6) is 0.454. The highest BCUT2D eigenvalue weighted by atomic mass is 16.5. The number of nitrogens with zero attached hydrogens (tertiary/aromatic N) is 1. The van der Waals surface area contributed by atoms with Crippen LogP contribution in [0.2, 0.25) is 0 Å². The molecular formula is C14H21N3O2. The lowest BCUT2D eigenvalue weighted by molar-refractivity contribution is -0.130. The number of hydrogen-bond donors (Lipinski definition) is 2. The predicted molar refractivity (Wildman–Crippen MR) is 74.0 cm³/mol. The molecule has 5 heteroatoms. The van der Waals surface area contributed by atoms with Gasteiger partial charge >= 0.3 is 0 Å². The second-order valence-corrected chi connectivity index (χ2v) is 4.90. The van der Waals surface area contributed by atoms with Crippen LogP contribution in [0.1, 0.15) is 12.5 Å². The van der Waals surface area contributed by atoms with Gasteiger partial charge in [0.2, 0.25) is 5.91 Å². The van der Waals surface area contributed by atoms with Crippen molar-refractivity contribution in [1.82, 2.24) is 10.2 Å². The van der Waals surface area contributed by atoms with Crippen LogP contribution in [0, 0.1) is 0 Å². The highest BCUT2D eigenvalue weighted by Crippen LogP contribution is 2.29. The van der Waals surface area contributed by atoms with E-state index in [1.165, 1.54) is 0 Å². The van der Waals surface area contributed by atoms with Gasteiger partial charge in [0.25, 0.3) is 0 Å². The second kappa shape index (κ2) is 5.59. The SMILES string of the molecule is COc1ccc(C(C)(C(N)=O)N2CCNCC2)cc1. The summed E-state index contributed by atoms with van der Waals surface area (Å²) in [5, 5.41) is 3.28. The Bertz CT molecular complexity index is 441. The topological polar surface area (TPSA) is 67.6 Å². The number of amides is 1. The van der Waals surface area contributed by atoms with Gasteiger partial charge in [-0.05, 0) is 24.6 Å². The Labute approximate surface area is 113 Å². The van der Waals surface area contributed by atoms with Crippen molar-refractivity contribution in [2.24, 2.45) is 5.73 Å². The molecule has 1 aromatic rings. The zero-order valence-corrected chi connectivity index (χ0v) is 11.5. The molecule has 1 aromatic carbocycles. The Balaban J connectivity index is 2.33. The van der Waals surface area contributed by atoms with Crippen LogP contribution in [0.3, 0.4) is 0 Å². The summed E-state index contributed by atoms with van der Waals surface area (Å²) in [4.78, 5) is 14.1. The molecule has 1 amide bonds. The number of carbonyl (C=O) groups excluding carboxylic acids is 1. The zero-order valence-electron chi connectivity index (χ0n) is 11.5. The van der Waals surface area contributed by atoms with Gasteiger partial charge in [-0.15, -0.1) is 0 Å². The van der Waals surface area contributed by atoms with Crippen LogP contribution in [0.25, 0.3) is 0 Å². The first kappa shape index (κ1) is 13.8. The number of piperazine rings is 1. The van der Waals surface area contributed by atoms with E-state index in [4.69, 9.17) is 10.5 Å². The Hall–Kier alpha value is -1.59. The largest absolute Gasteiger partial charge is 0.497 e. The van der Waals surface area contributed by atoms with Crippen molar-refractivity contribution in [2.45, 2.75) is 12.5 Å². The third-order valence-corrected chi connectivity index (χ3v) is 3.88. The van der Waals surface area contributed by atoms with Crippen molar-refractivity contribution >= 4 is 5.91 Å². The van der Waals surface area contributed by atoms with Crippen LogP contribution >= 0.6 is 0 Å². The van der Waals surface area contributed by atoms with Crippen LogP contribution in [-0.2, 0) is 10.3 Å². The van der Waals surface area contributed by atoms with Crippen LogP contribution < -0.4 is 15.8 Å².